The zero-order valence-electron chi connectivity index (χ0n) is 11.8. The lowest BCUT2D eigenvalue weighted by atomic mass is 9.98. The summed E-state index contributed by atoms with van der Waals surface area (Å²) < 4.78 is 4.67. The van der Waals surface area contributed by atoms with Crippen LogP contribution in [0.4, 0.5) is 0 Å². The quantitative estimate of drug-likeness (QED) is 0.449. The first-order valence-corrected chi connectivity index (χ1v) is 6.19. The molecule has 1 aliphatic heterocycles. The van der Waals surface area contributed by atoms with Crippen LogP contribution in [0.15, 0.2) is 11.6 Å². The molecule has 6 nitrogen and oxygen atoms in total. The summed E-state index contributed by atoms with van der Waals surface area (Å²) in [6.45, 7) is 5.82. The lowest BCUT2D eigenvalue weighted by Gasteiger charge is -2.39. The van der Waals surface area contributed by atoms with Crippen molar-refractivity contribution in [2.45, 2.75) is 32.7 Å². The summed E-state index contributed by atoms with van der Waals surface area (Å²) in [5.74, 6) is -1.03. The number of nitrogens with zero attached hydrogens (tertiary/aromatic N) is 1. The topological polar surface area (TPSA) is 75.7 Å². The van der Waals surface area contributed by atoms with Crippen molar-refractivity contribution in [2.75, 3.05) is 20.2 Å². The van der Waals surface area contributed by atoms with Gasteiger partial charge in [0.1, 0.15) is 0 Å². The lowest BCUT2D eigenvalue weighted by molar-refractivity contribution is -0.144. The van der Waals surface area contributed by atoms with Crippen molar-refractivity contribution < 1.29 is 19.1 Å². The second-order valence-electron chi connectivity index (χ2n) is 4.89. The summed E-state index contributed by atoms with van der Waals surface area (Å²) in [6, 6.07) is 0. The number of methoxy groups -OCH3 is 1. The van der Waals surface area contributed by atoms with E-state index >= 15 is 0 Å². The van der Waals surface area contributed by atoms with Crippen LogP contribution in [-0.4, -0.2) is 48.4 Å². The number of nitrogens with one attached hydrogen (secondary N) is 1. The Morgan fingerprint density at radius 1 is 1.47 bits per heavy atom. The van der Waals surface area contributed by atoms with E-state index < -0.39 is 5.54 Å². The Balaban J connectivity index is 2.84. The third-order valence-corrected chi connectivity index (χ3v) is 3.32. The van der Waals surface area contributed by atoms with E-state index in [2.05, 4.69) is 10.1 Å². The molecule has 1 N–H and O–H groups in total. The summed E-state index contributed by atoms with van der Waals surface area (Å²) in [5.41, 5.74) is -0.240. The molecule has 1 rings (SSSR count). The van der Waals surface area contributed by atoms with Crippen molar-refractivity contribution in [1.29, 1.82) is 0 Å². The Morgan fingerprint density at radius 3 is 2.63 bits per heavy atom. The van der Waals surface area contributed by atoms with Crippen LogP contribution in [0.3, 0.4) is 0 Å². The number of carbonyl (C=O) groups excluding carboxylic acids is 3. The number of hydrogen-bond acceptors (Lipinski definition) is 5. The molecule has 0 bridgehead atoms. The molecule has 2 amide bonds. The maximum absolute atomic E-state index is 11.8. The lowest BCUT2D eigenvalue weighted by Crippen LogP contribution is -2.63. The largest absolute Gasteiger partial charge is 0.466 e. The fraction of sp³-hybridized carbons (Fsp3) is 0.615. The fourth-order valence-electron chi connectivity index (χ4n) is 1.85. The van der Waals surface area contributed by atoms with Gasteiger partial charge in [-0.05, 0) is 20.3 Å². The number of carbonyl (C=O) groups is 3. The molecule has 0 aromatic heterocycles. The van der Waals surface area contributed by atoms with Crippen LogP contribution in [0.25, 0.3) is 0 Å². The van der Waals surface area contributed by atoms with Crippen LogP contribution in [0.2, 0.25) is 0 Å². The number of imide groups is 1. The highest BCUT2D eigenvalue weighted by molar-refractivity contribution is 6.03. The van der Waals surface area contributed by atoms with E-state index in [0.717, 1.165) is 0 Å². The molecule has 1 aliphatic rings. The summed E-state index contributed by atoms with van der Waals surface area (Å²) in [5, 5.41) is 2.30. The van der Waals surface area contributed by atoms with E-state index in [-0.39, 0.29) is 24.3 Å². The Morgan fingerprint density at radius 2 is 2.11 bits per heavy atom. The standard InChI is InChI=1S/C13H20N2O4/c1-5-9(11(17)19-4)6-7-15-8-10(16)14-12(18)13(15,2)3/h6H,5,7-8H2,1-4H3,(H,14,16,18). The molecule has 0 radical (unpaired) electrons. The first-order chi connectivity index (χ1) is 8.82. The first kappa shape index (κ1) is 15.4. The van der Waals surface area contributed by atoms with Gasteiger partial charge in [0.15, 0.2) is 0 Å². The summed E-state index contributed by atoms with van der Waals surface area (Å²) in [7, 11) is 1.33. The van der Waals surface area contributed by atoms with E-state index in [0.29, 0.717) is 18.5 Å². The van der Waals surface area contributed by atoms with Crippen LogP contribution < -0.4 is 5.32 Å². The smallest absolute Gasteiger partial charge is 0.333 e. The highest BCUT2D eigenvalue weighted by atomic mass is 16.5. The summed E-state index contributed by atoms with van der Waals surface area (Å²) >= 11 is 0. The van der Waals surface area contributed by atoms with Gasteiger partial charge in [-0.15, -0.1) is 0 Å². The molecular weight excluding hydrogens is 248 g/mol. The van der Waals surface area contributed by atoms with Crippen molar-refractivity contribution in [3.05, 3.63) is 11.6 Å². The molecule has 0 aromatic carbocycles. The Kier molecular flexibility index (Phi) is 4.83. The molecule has 0 spiro atoms. The van der Waals surface area contributed by atoms with Crippen molar-refractivity contribution in [2.24, 2.45) is 0 Å². The van der Waals surface area contributed by atoms with Gasteiger partial charge in [0.05, 0.1) is 19.2 Å². The number of hydrogen-bond donors (Lipinski definition) is 1. The minimum atomic E-state index is -0.778. The molecule has 1 fully saturated rings. The van der Waals surface area contributed by atoms with Gasteiger partial charge in [0.25, 0.3) is 0 Å². The molecule has 1 saturated heterocycles. The molecule has 19 heavy (non-hydrogen) atoms. The van der Waals surface area contributed by atoms with Gasteiger partial charge in [-0.25, -0.2) is 4.79 Å². The van der Waals surface area contributed by atoms with Gasteiger partial charge < -0.3 is 4.74 Å². The maximum atomic E-state index is 11.8. The SMILES string of the molecule is CCC(=CCN1CC(=O)NC(=O)C1(C)C)C(=O)OC. The molecule has 0 atom stereocenters. The van der Waals surface area contributed by atoms with Crippen molar-refractivity contribution >= 4 is 17.8 Å². The highest BCUT2D eigenvalue weighted by Crippen LogP contribution is 2.18. The van der Waals surface area contributed by atoms with E-state index in [1.807, 2.05) is 6.92 Å². The third kappa shape index (κ3) is 3.41. The first-order valence-electron chi connectivity index (χ1n) is 6.19. The van der Waals surface area contributed by atoms with Gasteiger partial charge in [0, 0.05) is 12.1 Å². The number of rotatable bonds is 4. The van der Waals surface area contributed by atoms with E-state index in [1.54, 1.807) is 24.8 Å². The average molecular weight is 268 g/mol. The Labute approximate surface area is 112 Å². The van der Waals surface area contributed by atoms with Gasteiger partial charge in [-0.1, -0.05) is 13.0 Å². The number of piperazine rings is 1. The molecule has 0 saturated carbocycles. The average Bonchev–Trinajstić information content (AvgIpc) is 2.35. The van der Waals surface area contributed by atoms with Crippen LogP contribution in [-0.2, 0) is 19.1 Å². The van der Waals surface area contributed by atoms with Gasteiger partial charge >= 0.3 is 5.97 Å². The number of amides is 2. The second kappa shape index (κ2) is 5.97. The molecular formula is C13H20N2O4. The molecule has 6 heteroatoms. The predicted molar refractivity (Wildman–Crippen MR) is 69.2 cm³/mol. The van der Waals surface area contributed by atoms with Crippen LogP contribution in [0.5, 0.6) is 0 Å². The highest BCUT2D eigenvalue weighted by Gasteiger charge is 2.40. The second-order valence-corrected chi connectivity index (χ2v) is 4.89. The van der Waals surface area contributed by atoms with Crippen LogP contribution in [0, 0.1) is 0 Å². The van der Waals surface area contributed by atoms with Crippen LogP contribution in [0.1, 0.15) is 27.2 Å². The van der Waals surface area contributed by atoms with Crippen molar-refractivity contribution in [1.82, 2.24) is 10.2 Å². The Bertz CT molecular complexity index is 426. The monoisotopic (exact) mass is 268 g/mol. The minimum Gasteiger partial charge on any atom is -0.466 e. The van der Waals surface area contributed by atoms with Crippen molar-refractivity contribution in [3.8, 4) is 0 Å². The molecule has 0 aliphatic carbocycles. The molecule has 1 heterocycles. The zero-order chi connectivity index (χ0) is 14.6. The van der Waals surface area contributed by atoms with E-state index in [4.69, 9.17) is 0 Å². The van der Waals surface area contributed by atoms with E-state index in [1.165, 1.54) is 7.11 Å². The normalized spacial score (nSPS) is 20.1. The number of ether oxygens (including phenoxy) is 1. The predicted octanol–water partition coefficient (Wildman–Crippen LogP) is 0.233. The molecule has 0 aromatic rings. The summed E-state index contributed by atoms with van der Waals surface area (Å²) in [6.07, 6.45) is 2.25. The minimum absolute atomic E-state index is 0.132. The van der Waals surface area contributed by atoms with E-state index in [9.17, 15) is 14.4 Å². The van der Waals surface area contributed by atoms with Gasteiger partial charge in [0.2, 0.25) is 11.8 Å². The molecule has 0 unspecified atom stereocenters. The van der Waals surface area contributed by atoms with Crippen LogP contribution >= 0.6 is 0 Å². The maximum Gasteiger partial charge on any atom is 0.333 e. The van der Waals surface area contributed by atoms with Crippen molar-refractivity contribution in [3.63, 3.8) is 0 Å². The Hall–Kier alpha value is -1.69. The summed E-state index contributed by atoms with van der Waals surface area (Å²) in [4.78, 5) is 36.3. The zero-order valence-corrected chi connectivity index (χ0v) is 11.8. The van der Waals surface area contributed by atoms with Gasteiger partial charge in [-0.3, -0.25) is 19.8 Å². The van der Waals surface area contributed by atoms with Gasteiger partial charge in [-0.2, -0.15) is 0 Å². The number of esters is 1. The fourth-order valence-corrected chi connectivity index (χ4v) is 1.85. The third-order valence-electron chi connectivity index (χ3n) is 3.32. The molecule has 106 valence electrons.